The van der Waals surface area contributed by atoms with E-state index in [1.165, 1.54) is 20.5 Å². The first-order chi connectivity index (χ1) is 9.34. The van der Waals surface area contributed by atoms with Crippen LogP contribution >= 0.6 is 23.1 Å². The molecular weight excluding hydrogens is 270 g/mol. The van der Waals surface area contributed by atoms with Crippen molar-refractivity contribution in [1.29, 1.82) is 0 Å². The molecule has 1 nitrogen and oxygen atoms in total. The predicted octanol–water partition coefficient (Wildman–Crippen LogP) is 4.69. The number of rotatable bonds is 4. The van der Waals surface area contributed by atoms with Crippen LogP contribution < -0.4 is 5.73 Å². The molecule has 0 saturated carbocycles. The summed E-state index contributed by atoms with van der Waals surface area (Å²) in [5.41, 5.74) is 7.61. The van der Waals surface area contributed by atoms with Crippen molar-refractivity contribution in [2.75, 3.05) is 5.75 Å². The van der Waals surface area contributed by atoms with Crippen LogP contribution in [0.2, 0.25) is 0 Å². The molecule has 2 aromatic carbocycles. The molecule has 0 radical (unpaired) electrons. The van der Waals surface area contributed by atoms with E-state index in [-0.39, 0.29) is 6.04 Å². The van der Waals surface area contributed by atoms with E-state index in [0.717, 1.165) is 5.75 Å². The fourth-order valence-electron chi connectivity index (χ4n) is 2.10. The number of hydrogen-bond donors (Lipinski definition) is 1. The minimum Gasteiger partial charge on any atom is -0.323 e. The summed E-state index contributed by atoms with van der Waals surface area (Å²) < 4.78 is 1.32. The fourth-order valence-corrected chi connectivity index (χ4v) is 3.98. The second-order valence-electron chi connectivity index (χ2n) is 4.42. The van der Waals surface area contributed by atoms with Gasteiger partial charge in [0.25, 0.3) is 0 Å². The quantitative estimate of drug-likeness (QED) is 0.704. The summed E-state index contributed by atoms with van der Waals surface area (Å²) in [6.45, 7) is 0. The second-order valence-corrected chi connectivity index (χ2v) is 6.43. The van der Waals surface area contributed by atoms with Crippen LogP contribution in [0, 0.1) is 0 Å². The average molecular weight is 285 g/mol. The third kappa shape index (κ3) is 2.84. The molecule has 0 aliphatic heterocycles. The number of fused-ring (bicyclic) bond motifs is 1. The van der Waals surface area contributed by atoms with Crippen LogP contribution in [-0.4, -0.2) is 5.75 Å². The molecule has 0 fully saturated rings. The maximum Gasteiger partial charge on any atom is 0.0404 e. The second kappa shape index (κ2) is 5.78. The van der Waals surface area contributed by atoms with Crippen LogP contribution in [0.3, 0.4) is 0 Å². The first-order valence-corrected chi connectivity index (χ1v) is 8.10. The lowest BCUT2D eigenvalue weighted by Crippen LogP contribution is -2.12. The SMILES string of the molecule is NC(CSc1ccccc1)c1cccc2ccsc12. The standard InChI is InChI=1S/C16H15NS2/c17-15(11-19-13-6-2-1-3-7-13)14-8-4-5-12-9-10-18-16(12)14/h1-10,15H,11,17H2. The largest absolute Gasteiger partial charge is 0.323 e. The predicted molar refractivity (Wildman–Crippen MR) is 85.9 cm³/mol. The van der Waals surface area contributed by atoms with Crippen molar-refractivity contribution in [3.63, 3.8) is 0 Å². The Morgan fingerprint density at radius 2 is 1.84 bits per heavy atom. The van der Waals surface area contributed by atoms with Crippen molar-refractivity contribution >= 4 is 33.2 Å². The molecule has 1 atom stereocenters. The molecule has 96 valence electrons. The van der Waals surface area contributed by atoms with E-state index in [1.54, 1.807) is 11.3 Å². The molecular formula is C16H15NS2. The van der Waals surface area contributed by atoms with Crippen molar-refractivity contribution in [2.24, 2.45) is 5.73 Å². The van der Waals surface area contributed by atoms with Gasteiger partial charge in [0.05, 0.1) is 0 Å². The van der Waals surface area contributed by atoms with E-state index >= 15 is 0 Å². The Labute approximate surface area is 121 Å². The van der Waals surface area contributed by atoms with Gasteiger partial charge >= 0.3 is 0 Å². The summed E-state index contributed by atoms with van der Waals surface area (Å²) in [6.07, 6.45) is 0. The lowest BCUT2D eigenvalue weighted by molar-refractivity contribution is 0.841. The van der Waals surface area contributed by atoms with Crippen molar-refractivity contribution in [1.82, 2.24) is 0 Å². The normalized spacial score (nSPS) is 12.7. The van der Waals surface area contributed by atoms with Crippen molar-refractivity contribution in [2.45, 2.75) is 10.9 Å². The fraction of sp³-hybridized carbons (Fsp3) is 0.125. The number of hydrogen-bond acceptors (Lipinski definition) is 3. The molecule has 0 aliphatic carbocycles. The van der Waals surface area contributed by atoms with Crippen LogP contribution in [-0.2, 0) is 0 Å². The molecule has 3 heteroatoms. The Balaban J connectivity index is 1.77. The molecule has 0 aliphatic rings. The van der Waals surface area contributed by atoms with Gasteiger partial charge in [0.2, 0.25) is 0 Å². The highest BCUT2D eigenvalue weighted by Crippen LogP contribution is 2.30. The van der Waals surface area contributed by atoms with Gasteiger partial charge in [-0.1, -0.05) is 36.4 Å². The van der Waals surface area contributed by atoms with E-state index in [2.05, 4.69) is 53.9 Å². The zero-order valence-electron chi connectivity index (χ0n) is 10.5. The Bertz CT molecular complexity index is 661. The van der Waals surface area contributed by atoms with Gasteiger partial charge in [-0.05, 0) is 34.5 Å². The Hall–Kier alpha value is -1.29. The zero-order chi connectivity index (χ0) is 13.1. The van der Waals surface area contributed by atoms with Gasteiger partial charge in [0, 0.05) is 21.4 Å². The smallest absolute Gasteiger partial charge is 0.0404 e. The average Bonchev–Trinajstić information content (AvgIpc) is 2.94. The molecule has 2 N–H and O–H groups in total. The molecule has 1 unspecified atom stereocenters. The number of benzene rings is 2. The highest BCUT2D eigenvalue weighted by atomic mass is 32.2. The molecule has 0 spiro atoms. The summed E-state index contributed by atoms with van der Waals surface area (Å²) in [5.74, 6) is 0.904. The summed E-state index contributed by atoms with van der Waals surface area (Å²) in [4.78, 5) is 1.27. The van der Waals surface area contributed by atoms with Crippen molar-refractivity contribution in [3.05, 3.63) is 65.5 Å². The van der Waals surface area contributed by atoms with Gasteiger partial charge < -0.3 is 5.73 Å². The maximum atomic E-state index is 6.35. The summed E-state index contributed by atoms with van der Waals surface area (Å²) in [6, 6.07) is 19.0. The van der Waals surface area contributed by atoms with Gasteiger partial charge in [-0.25, -0.2) is 0 Å². The Kier molecular flexibility index (Phi) is 3.87. The lowest BCUT2D eigenvalue weighted by Gasteiger charge is -2.12. The molecule has 0 bridgehead atoms. The monoisotopic (exact) mass is 285 g/mol. The summed E-state index contributed by atoms with van der Waals surface area (Å²) in [5, 5.41) is 3.42. The molecule has 0 amide bonds. The maximum absolute atomic E-state index is 6.35. The molecule has 0 saturated heterocycles. The summed E-state index contributed by atoms with van der Waals surface area (Å²) in [7, 11) is 0. The highest BCUT2D eigenvalue weighted by molar-refractivity contribution is 7.99. The number of thioether (sulfide) groups is 1. The molecule has 1 heterocycles. The zero-order valence-corrected chi connectivity index (χ0v) is 12.1. The van der Waals surface area contributed by atoms with Crippen LogP contribution in [0.25, 0.3) is 10.1 Å². The minimum absolute atomic E-state index is 0.0764. The highest BCUT2D eigenvalue weighted by Gasteiger charge is 2.11. The van der Waals surface area contributed by atoms with Gasteiger partial charge in [-0.15, -0.1) is 23.1 Å². The first-order valence-electron chi connectivity index (χ1n) is 6.24. The summed E-state index contributed by atoms with van der Waals surface area (Å²) >= 11 is 3.59. The third-order valence-corrected chi connectivity index (χ3v) is 5.19. The van der Waals surface area contributed by atoms with E-state index in [0.29, 0.717) is 0 Å². The topological polar surface area (TPSA) is 26.0 Å². The molecule has 1 aromatic heterocycles. The van der Waals surface area contributed by atoms with Crippen LogP contribution in [0.4, 0.5) is 0 Å². The number of nitrogens with two attached hydrogens (primary N) is 1. The van der Waals surface area contributed by atoms with Crippen LogP contribution in [0.5, 0.6) is 0 Å². The third-order valence-electron chi connectivity index (χ3n) is 3.08. The number of thiophene rings is 1. The molecule has 19 heavy (non-hydrogen) atoms. The lowest BCUT2D eigenvalue weighted by atomic mass is 10.1. The van der Waals surface area contributed by atoms with Gasteiger partial charge in [-0.2, -0.15) is 0 Å². The van der Waals surface area contributed by atoms with E-state index < -0.39 is 0 Å². The first kappa shape index (κ1) is 12.7. The van der Waals surface area contributed by atoms with E-state index in [1.807, 2.05) is 17.8 Å². The van der Waals surface area contributed by atoms with Crippen LogP contribution in [0.1, 0.15) is 11.6 Å². The Morgan fingerprint density at radius 3 is 2.68 bits per heavy atom. The van der Waals surface area contributed by atoms with Gasteiger partial charge in [0.1, 0.15) is 0 Å². The van der Waals surface area contributed by atoms with E-state index in [4.69, 9.17) is 5.73 Å². The molecule has 3 rings (SSSR count). The van der Waals surface area contributed by atoms with Crippen molar-refractivity contribution < 1.29 is 0 Å². The van der Waals surface area contributed by atoms with Gasteiger partial charge in [0.15, 0.2) is 0 Å². The van der Waals surface area contributed by atoms with Crippen LogP contribution in [0.15, 0.2) is 64.9 Å². The van der Waals surface area contributed by atoms with E-state index in [9.17, 15) is 0 Å². The molecule has 3 aromatic rings. The Morgan fingerprint density at radius 1 is 1.00 bits per heavy atom. The minimum atomic E-state index is 0.0764. The van der Waals surface area contributed by atoms with Gasteiger partial charge in [-0.3, -0.25) is 0 Å². The van der Waals surface area contributed by atoms with Crippen molar-refractivity contribution in [3.8, 4) is 0 Å².